The summed E-state index contributed by atoms with van der Waals surface area (Å²) in [6, 6.07) is 0. The van der Waals surface area contributed by atoms with Gasteiger partial charge in [-0.15, -0.1) is 6.58 Å². The van der Waals surface area contributed by atoms with Crippen LogP contribution in [-0.2, 0) is 24.4 Å². The van der Waals surface area contributed by atoms with E-state index < -0.39 is 64.4 Å². The van der Waals surface area contributed by atoms with E-state index in [0.717, 1.165) is 6.08 Å². The Morgan fingerprint density at radius 1 is 1.14 bits per heavy atom. The van der Waals surface area contributed by atoms with Crippen molar-refractivity contribution in [3.8, 4) is 0 Å². The molecule has 170 valence electrons. The Morgan fingerprint density at radius 3 is 1.97 bits per heavy atom. The molecule has 29 heavy (non-hydrogen) atoms. The molecule has 0 heterocycles. The quantitative estimate of drug-likeness (QED) is 0.110. The van der Waals surface area contributed by atoms with Crippen LogP contribution in [-0.4, -0.2) is 66.8 Å². The number of nitrogens with one attached hydrogen (secondary N) is 1. The lowest BCUT2D eigenvalue weighted by Crippen LogP contribution is -2.65. The highest BCUT2D eigenvalue weighted by Gasteiger charge is 2.67. The van der Waals surface area contributed by atoms with Gasteiger partial charge in [0.05, 0.1) is 0 Å². The molecule has 3 N–H and O–H groups in total. The maximum atomic E-state index is 13.4. The summed E-state index contributed by atoms with van der Waals surface area (Å²) in [5.74, 6) is -7.86. The first-order valence-electron chi connectivity index (χ1n) is 6.80. The van der Waals surface area contributed by atoms with Gasteiger partial charge in [0.25, 0.3) is 0 Å². The average Bonchev–Trinajstić information content (AvgIpc) is 2.52. The van der Waals surface area contributed by atoms with Crippen molar-refractivity contribution >= 4 is 16.1 Å². The number of aliphatic hydroxyl groups is 1. The molecule has 17 heteroatoms. The molecular weight excluding hydrogens is 454 g/mol. The second-order valence-electron chi connectivity index (χ2n) is 5.03. The van der Waals surface area contributed by atoms with Crippen LogP contribution in [0.4, 0.5) is 35.1 Å². The fourth-order valence-corrected chi connectivity index (χ4v) is 1.58. The molecule has 0 bridgehead atoms. The SMILES string of the molecule is C=CCNC(O)C(OCC(F)(F)S(=O)(=O)O)(OC(=O)C(=C)C(F)(F)F)C(F)(F)F. The van der Waals surface area contributed by atoms with Crippen molar-refractivity contribution in [2.75, 3.05) is 13.2 Å². The van der Waals surface area contributed by atoms with Crippen LogP contribution in [0.1, 0.15) is 0 Å². The number of carbonyl (C=O) groups excluding carboxylic acids is 1. The highest BCUT2D eigenvalue weighted by Crippen LogP contribution is 2.40. The smallest absolute Gasteiger partial charge is 0.416 e. The van der Waals surface area contributed by atoms with Gasteiger partial charge >= 0.3 is 39.5 Å². The van der Waals surface area contributed by atoms with Gasteiger partial charge < -0.3 is 14.6 Å². The van der Waals surface area contributed by atoms with Crippen LogP contribution in [0.3, 0.4) is 0 Å². The molecule has 0 saturated carbocycles. The van der Waals surface area contributed by atoms with Crippen LogP contribution >= 0.6 is 0 Å². The van der Waals surface area contributed by atoms with Crippen LogP contribution in [0.25, 0.3) is 0 Å². The van der Waals surface area contributed by atoms with E-state index >= 15 is 0 Å². The normalized spacial score (nSPS) is 16.6. The van der Waals surface area contributed by atoms with E-state index in [1.54, 1.807) is 0 Å². The number of carbonyl (C=O) groups is 1. The largest absolute Gasteiger partial charge is 0.460 e. The number of hydrogen-bond acceptors (Lipinski definition) is 7. The maximum Gasteiger partial charge on any atom is 0.460 e. The predicted octanol–water partition coefficient (Wildman–Crippen LogP) is 1.50. The Hall–Kier alpha value is -1.82. The number of rotatable bonds is 10. The third-order valence-electron chi connectivity index (χ3n) is 2.88. The van der Waals surface area contributed by atoms with Gasteiger partial charge in [-0.2, -0.15) is 43.5 Å². The summed E-state index contributed by atoms with van der Waals surface area (Å²) in [4.78, 5) is 11.4. The zero-order valence-electron chi connectivity index (χ0n) is 13.9. The minimum atomic E-state index is -6.36. The van der Waals surface area contributed by atoms with Crippen molar-refractivity contribution in [1.82, 2.24) is 5.32 Å². The summed E-state index contributed by atoms with van der Waals surface area (Å²) in [5, 5.41) is 5.66. The highest BCUT2D eigenvalue weighted by molar-refractivity contribution is 7.86. The molecule has 0 aromatic rings. The van der Waals surface area contributed by atoms with Gasteiger partial charge in [-0.3, -0.25) is 9.87 Å². The Morgan fingerprint density at radius 2 is 1.62 bits per heavy atom. The Labute approximate surface area is 157 Å². The molecule has 0 rings (SSSR count). The van der Waals surface area contributed by atoms with E-state index in [1.807, 2.05) is 0 Å². The Bertz CT molecular complexity index is 734. The van der Waals surface area contributed by atoms with Crippen LogP contribution in [0.15, 0.2) is 24.8 Å². The van der Waals surface area contributed by atoms with Gasteiger partial charge in [0.1, 0.15) is 12.2 Å². The molecule has 2 unspecified atom stereocenters. The Kier molecular flexibility index (Phi) is 8.34. The predicted molar refractivity (Wildman–Crippen MR) is 76.7 cm³/mol. The topological polar surface area (TPSA) is 122 Å². The van der Waals surface area contributed by atoms with E-state index in [-0.39, 0.29) is 0 Å². The second kappa shape index (κ2) is 8.90. The first kappa shape index (κ1) is 27.2. The van der Waals surface area contributed by atoms with E-state index in [9.17, 15) is 53.4 Å². The van der Waals surface area contributed by atoms with Crippen molar-refractivity contribution in [3.63, 3.8) is 0 Å². The number of ether oxygens (including phenoxy) is 2. The fourth-order valence-electron chi connectivity index (χ4n) is 1.37. The van der Waals surface area contributed by atoms with E-state index in [0.29, 0.717) is 0 Å². The molecule has 0 radical (unpaired) electrons. The standard InChI is InChI=1S/C12H13F8NO7S/c1-3-4-21-8(23)10(12(18,19)20,27-5-9(13,14)29(24,25)26)28-7(22)6(2)11(15,16)17/h3,8,21,23H,1-2,4-5H2,(H,24,25,26). The second-order valence-corrected chi connectivity index (χ2v) is 6.58. The third-order valence-corrected chi connectivity index (χ3v) is 3.75. The number of halogens is 8. The lowest BCUT2D eigenvalue weighted by molar-refractivity contribution is -0.402. The molecule has 0 amide bonds. The highest BCUT2D eigenvalue weighted by atomic mass is 32.2. The number of esters is 1. The maximum absolute atomic E-state index is 13.4. The molecule has 0 aliphatic heterocycles. The van der Waals surface area contributed by atoms with Gasteiger partial charge in [-0.05, 0) is 0 Å². The van der Waals surface area contributed by atoms with E-state index in [2.05, 4.69) is 22.6 Å². The summed E-state index contributed by atoms with van der Waals surface area (Å²) in [6.07, 6.45) is -14.4. The van der Waals surface area contributed by atoms with Crippen molar-refractivity contribution in [2.45, 2.75) is 29.6 Å². The zero-order chi connectivity index (χ0) is 23.5. The average molecular weight is 467 g/mol. The van der Waals surface area contributed by atoms with Crippen LogP contribution < -0.4 is 5.32 Å². The molecule has 0 saturated heterocycles. The molecule has 0 aliphatic rings. The van der Waals surface area contributed by atoms with E-state index in [1.165, 1.54) is 5.32 Å². The van der Waals surface area contributed by atoms with Gasteiger partial charge in [-0.25, -0.2) is 4.79 Å². The van der Waals surface area contributed by atoms with Crippen molar-refractivity contribution in [3.05, 3.63) is 24.8 Å². The lowest BCUT2D eigenvalue weighted by atomic mass is 10.2. The first-order valence-corrected chi connectivity index (χ1v) is 8.24. The van der Waals surface area contributed by atoms with Crippen LogP contribution in [0, 0.1) is 0 Å². The van der Waals surface area contributed by atoms with E-state index in [4.69, 9.17) is 4.55 Å². The monoisotopic (exact) mass is 467 g/mol. The van der Waals surface area contributed by atoms with Crippen LogP contribution in [0.2, 0.25) is 0 Å². The lowest BCUT2D eigenvalue weighted by Gasteiger charge is -2.38. The Balaban J connectivity index is 6.26. The van der Waals surface area contributed by atoms with Crippen molar-refractivity contribution < 1.29 is 67.5 Å². The minimum Gasteiger partial charge on any atom is -0.416 e. The molecule has 0 aromatic heterocycles. The van der Waals surface area contributed by atoms with Crippen molar-refractivity contribution in [2.24, 2.45) is 0 Å². The molecule has 8 nitrogen and oxygen atoms in total. The summed E-state index contributed by atoms with van der Waals surface area (Å²) in [6.45, 7) is 1.53. The first-order chi connectivity index (χ1) is 12.7. The summed E-state index contributed by atoms with van der Waals surface area (Å²) < 4.78 is 141. The number of hydrogen-bond donors (Lipinski definition) is 3. The zero-order valence-corrected chi connectivity index (χ0v) is 14.7. The van der Waals surface area contributed by atoms with Crippen molar-refractivity contribution in [1.29, 1.82) is 0 Å². The fraction of sp³-hybridized carbons (Fsp3) is 0.583. The van der Waals surface area contributed by atoms with Gasteiger partial charge in [0.2, 0.25) is 0 Å². The number of aliphatic hydroxyl groups excluding tert-OH is 1. The molecule has 0 aliphatic carbocycles. The summed E-state index contributed by atoms with van der Waals surface area (Å²) in [7, 11) is -6.36. The summed E-state index contributed by atoms with van der Waals surface area (Å²) in [5.41, 5.74) is -2.54. The van der Waals surface area contributed by atoms with Gasteiger partial charge in [0.15, 0.2) is 6.23 Å². The molecule has 0 aromatic carbocycles. The third kappa shape index (κ3) is 6.59. The molecule has 2 atom stereocenters. The van der Waals surface area contributed by atoms with Crippen LogP contribution in [0.5, 0.6) is 0 Å². The molecule has 0 spiro atoms. The number of alkyl halides is 8. The molecular formula is C12H13F8NO7S. The molecule has 0 fully saturated rings. The summed E-state index contributed by atoms with van der Waals surface area (Å²) >= 11 is 0. The van der Waals surface area contributed by atoms with Gasteiger partial charge in [-0.1, -0.05) is 12.7 Å². The minimum absolute atomic E-state index is 0.741. The van der Waals surface area contributed by atoms with Gasteiger partial charge in [0, 0.05) is 6.54 Å².